The fourth-order valence-electron chi connectivity index (χ4n) is 3.99. The number of phenolic OH excluding ortho intramolecular Hbond substituents is 1. The van der Waals surface area contributed by atoms with Crippen LogP contribution in [-0.2, 0) is 0 Å². The summed E-state index contributed by atoms with van der Waals surface area (Å²) in [6, 6.07) is 16.5. The zero-order valence-corrected chi connectivity index (χ0v) is 13.6. The standard InChI is InChI=1S/C21H23NO/c1-2-15-11-13-22(14-12-15)20-16-7-3-5-9-18(16)21(23)19-10-6-4-8-17(19)20/h3-10,15,23H,2,11-14H2,1H3. The van der Waals surface area contributed by atoms with E-state index in [1.807, 2.05) is 24.3 Å². The van der Waals surface area contributed by atoms with Crippen molar-refractivity contribution in [2.45, 2.75) is 26.2 Å². The first-order valence-corrected chi connectivity index (χ1v) is 8.67. The van der Waals surface area contributed by atoms with Gasteiger partial charge in [-0.25, -0.2) is 0 Å². The van der Waals surface area contributed by atoms with E-state index in [1.54, 1.807) is 0 Å². The van der Waals surface area contributed by atoms with Gasteiger partial charge in [-0.15, -0.1) is 0 Å². The summed E-state index contributed by atoms with van der Waals surface area (Å²) in [5.74, 6) is 1.27. The monoisotopic (exact) mass is 305 g/mol. The van der Waals surface area contributed by atoms with E-state index >= 15 is 0 Å². The number of aromatic hydroxyl groups is 1. The number of nitrogens with zero attached hydrogens (tertiary/aromatic N) is 1. The van der Waals surface area contributed by atoms with Crippen molar-refractivity contribution in [2.24, 2.45) is 5.92 Å². The van der Waals surface area contributed by atoms with Gasteiger partial charge >= 0.3 is 0 Å². The Morgan fingerprint density at radius 2 is 1.35 bits per heavy atom. The first kappa shape index (κ1) is 14.4. The van der Waals surface area contributed by atoms with Crippen LogP contribution in [0.15, 0.2) is 48.5 Å². The lowest BCUT2D eigenvalue weighted by Crippen LogP contribution is -2.33. The van der Waals surface area contributed by atoms with E-state index in [-0.39, 0.29) is 0 Å². The summed E-state index contributed by atoms with van der Waals surface area (Å²) in [6.45, 7) is 4.51. The van der Waals surface area contributed by atoms with Crippen LogP contribution in [0, 0.1) is 5.92 Å². The highest BCUT2D eigenvalue weighted by molar-refractivity contribution is 6.15. The average Bonchev–Trinajstić information content (AvgIpc) is 2.63. The number of fused-ring (bicyclic) bond motifs is 2. The predicted molar refractivity (Wildman–Crippen MR) is 98.3 cm³/mol. The lowest BCUT2D eigenvalue weighted by Gasteiger charge is -2.35. The van der Waals surface area contributed by atoms with E-state index in [0.29, 0.717) is 5.75 Å². The molecule has 23 heavy (non-hydrogen) atoms. The Morgan fingerprint density at radius 1 is 0.870 bits per heavy atom. The summed E-state index contributed by atoms with van der Waals surface area (Å²) in [6.07, 6.45) is 3.81. The summed E-state index contributed by atoms with van der Waals surface area (Å²) >= 11 is 0. The van der Waals surface area contributed by atoms with Crippen molar-refractivity contribution >= 4 is 27.2 Å². The van der Waals surface area contributed by atoms with Crippen LogP contribution in [0.4, 0.5) is 5.69 Å². The molecule has 0 spiro atoms. The molecule has 0 bridgehead atoms. The normalized spacial score (nSPS) is 16.3. The fraction of sp³-hybridized carbons (Fsp3) is 0.333. The fourth-order valence-corrected chi connectivity index (χ4v) is 3.99. The molecule has 1 saturated heterocycles. The van der Waals surface area contributed by atoms with Crippen molar-refractivity contribution in [1.29, 1.82) is 0 Å². The molecule has 0 aliphatic carbocycles. The molecule has 2 nitrogen and oxygen atoms in total. The van der Waals surface area contributed by atoms with Crippen LogP contribution in [0.2, 0.25) is 0 Å². The van der Waals surface area contributed by atoms with Gasteiger partial charge in [0.05, 0.1) is 5.69 Å². The predicted octanol–water partition coefficient (Wildman–Crippen LogP) is 5.33. The lowest BCUT2D eigenvalue weighted by molar-refractivity contribution is 0.396. The van der Waals surface area contributed by atoms with Gasteiger partial charge in [0, 0.05) is 34.6 Å². The van der Waals surface area contributed by atoms with Gasteiger partial charge in [0.2, 0.25) is 0 Å². The smallest absolute Gasteiger partial charge is 0.131 e. The molecule has 0 amide bonds. The molecule has 2 heteroatoms. The minimum Gasteiger partial charge on any atom is -0.507 e. The molecule has 0 saturated carbocycles. The molecular formula is C21H23NO. The first-order chi connectivity index (χ1) is 11.3. The highest BCUT2D eigenvalue weighted by atomic mass is 16.3. The Labute approximate surface area is 137 Å². The molecular weight excluding hydrogens is 282 g/mol. The summed E-state index contributed by atoms with van der Waals surface area (Å²) in [5, 5.41) is 14.9. The Morgan fingerprint density at radius 3 is 1.83 bits per heavy atom. The Kier molecular flexibility index (Phi) is 3.60. The summed E-state index contributed by atoms with van der Waals surface area (Å²) in [5.41, 5.74) is 1.29. The van der Waals surface area contributed by atoms with Crippen LogP contribution >= 0.6 is 0 Å². The van der Waals surface area contributed by atoms with Crippen LogP contribution in [0.1, 0.15) is 26.2 Å². The van der Waals surface area contributed by atoms with Crippen LogP contribution < -0.4 is 4.90 Å². The van der Waals surface area contributed by atoms with Crippen LogP contribution in [0.5, 0.6) is 5.75 Å². The topological polar surface area (TPSA) is 23.5 Å². The van der Waals surface area contributed by atoms with Gasteiger partial charge < -0.3 is 10.0 Å². The minimum absolute atomic E-state index is 0.406. The van der Waals surface area contributed by atoms with E-state index in [1.165, 1.54) is 35.7 Å². The summed E-state index contributed by atoms with van der Waals surface area (Å²) < 4.78 is 0. The van der Waals surface area contributed by atoms with E-state index in [2.05, 4.69) is 36.1 Å². The van der Waals surface area contributed by atoms with Crippen LogP contribution in [-0.4, -0.2) is 18.2 Å². The SMILES string of the molecule is CCC1CCN(c2c3ccccc3c(O)c3ccccc23)CC1. The number of rotatable bonds is 2. The number of anilines is 1. The molecule has 118 valence electrons. The minimum atomic E-state index is 0.406. The molecule has 1 aliphatic rings. The maximum atomic E-state index is 10.7. The van der Waals surface area contributed by atoms with Crippen molar-refractivity contribution in [3.63, 3.8) is 0 Å². The number of benzene rings is 3. The molecule has 1 N–H and O–H groups in total. The maximum absolute atomic E-state index is 10.7. The zero-order chi connectivity index (χ0) is 15.8. The molecule has 3 aromatic carbocycles. The highest BCUT2D eigenvalue weighted by Gasteiger charge is 2.22. The number of phenols is 1. The molecule has 1 fully saturated rings. The average molecular weight is 305 g/mol. The zero-order valence-electron chi connectivity index (χ0n) is 13.6. The van der Waals surface area contributed by atoms with E-state index in [9.17, 15) is 5.11 Å². The molecule has 0 radical (unpaired) electrons. The third-order valence-electron chi connectivity index (χ3n) is 5.38. The molecule has 4 rings (SSSR count). The van der Waals surface area contributed by atoms with Gasteiger partial charge in [0.25, 0.3) is 0 Å². The van der Waals surface area contributed by atoms with Crippen molar-refractivity contribution < 1.29 is 5.11 Å². The highest BCUT2D eigenvalue weighted by Crippen LogP contribution is 2.43. The third kappa shape index (κ3) is 2.33. The van der Waals surface area contributed by atoms with E-state index in [4.69, 9.17) is 0 Å². The number of hydrogen-bond donors (Lipinski definition) is 1. The van der Waals surface area contributed by atoms with Gasteiger partial charge in [-0.05, 0) is 18.8 Å². The Hall–Kier alpha value is -2.22. The van der Waals surface area contributed by atoms with Gasteiger partial charge in [-0.1, -0.05) is 61.9 Å². The van der Waals surface area contributed by atoms with Gasteiger partial charge in [-0.2, -0.15) is 0 Å². The van der Waals surface area contributed by atoms with Crippen molar-refractivity contribution in [3.05, 3.63) is 48.5 Å². The molecule has 1 aliphatic heterocycles. The van der Waals surface area contributed by atoms with E-state index in [0.717, 1.165) is 29.8 Å². The van der Waals surface area contributed by atoms with Crippen LogP contribution in [0.25, 0.3) is 21.5 Å². The third-order valence-corrected chi connectivity index (χ3v) is 5.38. The second kappa shape index (κ2) is 5.77. The maximum Gasteiger partial charge on any atom is 0.131 e. The lowest BCUT2D eigenvalue weighted by atomic mass is 9.92. The number of hydrogen-bond acceptors (Lipinski definition) is 2. The number of piperidine rings is 1. The molecule has 0 aromatic heterocycles. The van der Waals surface area contributed by atoms with Gasteiger partial charge in [0.1, 0.15) is 5.75 Å². The van der Waals surface area contributed by atoms with Crippen molar-refractivity contribution in [1.82, 2.24) is 0 Å². The quantitative estimate of drug-likeness (QED) is 0.647. The van der Waals surface area contributed by atoms with Crippen LogP contribution in [0.3, 0.4) is 0 Å². The van der Waals surface area contributed by atoms with Crippen molar-refractivity contribution in [3.8, 4) is 5.75 Å². The summed E-state index contributed by atoms with van der Waals surface area (Å²) in [7, 11) is 0. The second-order valence-electron chi connectivity index (χ2n) is 6.63. The molecule has 1 heterocycles. The summed E-state index contributed by atoms with van der Waals surface area (Å²) in [4.78, 5) is 2.52. The van der Waals surface area contributed by atoms with Gasteiger partial charge in [0.15, 0.2) is 0 Å². The van der Waals surface area contributed by atoms with Gasteiger partial charge in [-0.3, -0.25) is 0 Å². The first-order valence-electron chi connectivity index (χ1n) is 8.67. The largest absolute Gasteiger partial charge is 0.507 e. The van der Waals surface area contributed by atoms with Crippen molar-refractivity contribution in [2.75, 3.05) is 18.0 Å². The Balaban J connectivity index is 1.94. The Bertz CT molecular complexity index is 790. The second-order valence-corrected chi connectivity index (χ2v) is 6.63. The molecule has 0 unspecified atom stereocenters. The molecule has 3 aromatic rings. The molecule has 0 atom stereocenters. The van der Waals surface area contributed by atoms with E-state index < -0.39 is 0 Å².